The van der Waals surface area contributed by atoms with Crippen LogP contribution in [0.25, 0.3) is 0 Å². The molecule has 0 spiro atoms. The van der Waals surface area contributed by atoms with E-state index in [9.17, 15) is 9.59 Å². The van der Waals surface area contributed by atoms with E-state index in [1.54, 1.807) is 59.3 Å². The van der Waals surface area contributed by atoms with Gasteiger partial charge in [-0.1, -0.05) is 0 Å². The van der Waals surface area contributed by atoms with Crippen LogP contribution in [0.5, 0.6) is 11.5 Å². The van der Waals surface area contributed by atoms with Crippen LogP contribution < -0.4 is 14.8 Å². The second-order valence-corrected chi connectivity index (χ2v) is 5.80. The van der Waals surface area contributed by atoms with Crippen molar-refractivity contribution >= 4 is 11.9 Å². The van der Waals surface area contributed by atoms with E-state index in [4.69, 9.17) is 18.6 Å². The monoisotopic (exact) mass is 361 g/mol. The molecule has 0 aliphatic rings. The maximum Gasteiger partial charge on any atom is 0.342 e. The Bertz CT molecular complexity index is 795. The quantitative estimate of drug-likeness (QED) is 0.763. The fourth-order valence-electron chi connectivity index (χ4n) is 2.58. The average Bonchev–Trinajstić information content (AvgIpc) is 2.97. The molecule has 0 unspecified atom stereocenters. The van der Waals surface area contributed by atoms with Crippen molar-refractivity contribution in [2.75, 3.05) is 20.8 Å². The van der Waals surface area contributed by atoms with Gasteiger partial charge in [-0.3, -0.25) is 4.79 Å². The molecular formula is C19H23NO6. The van der Waals surface area contributed by atoms with Crippen LogP contribution in [0.2, 0.25) is 0 Å². The molecule has 0 fully saturated rings. The minimum Gasteiger partial charge on any atom is -0.497 e. The highest BCUT2D eigenvalue weighted by Crippen LogP contribution is 2.29. The van der Waals surface area contributed by atoms with E-state index in [0.717, 1.165) is 5.56 Å². The summed E-state index contributed by atoms with van der Waals surface area (Å²) >= 11 is 0. The largest absolute Gasteiger partial charge is 0.497 e. The molecule has 1 aromatic heterocycles. The Labute approximate surface area is 152 Å². The van der Waals surface area contributed by atoms with Gasteiger partial charge in [-0.2, -0.15) is 0 Å². The molecule has 0 radical (unpaired) electrons. The first-order valence-electron chi connectivity index (χ1n) is 8.11. The van der Waals surface area contributed by atoms with Crippen LogP contribution in [0.3, 0.4) is 0 Å². The van der Waals surface area contributed by atoms with E-state index in [2.05, 4.69) is 5.32 Å². The molecule has 7 nitrogen and oxygen atoms in total. The summed E-state index contributed by atoms with van der Waals surface area (Å²) in [5.74, 6) is 1.33. The number of hydrogen-bond donors (Lipinski definition) is 1. The predicted octanol–water partition coefficient (Wildman–Crippen LogP) is 2.95. The highest BCUT2D eigenvalue weighted by atomic mass is 16.5. The molecule has 140 valence electrons. The lowest BCUT2D eigenvalue weighted by Crippen LogP contribution is -2.31. The van der Waals surface area contributed by atoms with Crippen LogP contribution >= 0.6 is 0 Å². The van der Waals surface area contributed by atoms with Gasteiger partial charge in [0.25, 0.3) is 5.91 Å². The first-order valence-corrected chi connectivity index (χ1v) is 8.11. The van der Waals surface area contributed by atoms with Gasteiger partial charge in [-0.25, -0.2) is 4.79 Å². The summed E-state index contributed by atoms with van der Waals surface area (Å²) in [6, 6.07) is 6.55. The second kappa shape index (κ2) is 8.42. The van der Waals surface area contributed by atoms with E-state index in [-0.39, 0.29) is 12.6 Å². The molecule has 2 aromatic rings. The first kappa shape index (κ1) is 19.4. The van der Waals surface area contributed by atoms with Crippen molar-refractivity contribution in [3.8, 4) is 11.5 Å². The number of hydrogen-bond acceptors (Lipinski definition) is 6. The third kappa shape index (κ3) is 4.56. The fourth-order valence-corrected chi connectivity index (χ4v) is 2.58. The third-order valence-electron chi connectivity index (χ3n) is 3.88. The SMILES string of the molecule is COc1ccc(OC)c([C@H](C)NC(=O)COC(=O)c2cc(C)oc2C)c1. The van der Waals surface area contributed by atoms with Crippen LogP contribution in [-0.2, 0) is 9.53 Å². The summed E-state index contributed by atoms with van der Waals surface area (Å²) in [5.41, 5.74) is 1.07. The molecular weight excluding hydrogens is 338 g/mol. The van der Waals surface area contributed by atoms with Crippen LogP contribution in [0, 0.1) is 13.8 Å². The van der Waals surface area contributed by atoms with Gasteiger partial charge >= 0.3 is 5.97 Å². The molecule has 1 N–H and O–H groups in total. The number of amides is 1. The number of carbonyl (C=O) groups is 2. The lowest BCUT2D eigenvalue weighted by Gasteiger charge is -2.18. The Hall–Kier alpha value is -2.96. The lowest BCUT2D eigenvalue weighted by atomic mass is 10.1. The maximum atomic E-state index is 12.1. The van der Waals surface area contributed by atoms with Gasteiger partial charge in [0.1, 0.15) is 28.6 Å². The van der Waals surface area contributed by atoms with Crippen LogP contribution in [0.15, 0.2) is 28.7 Å². The van der Waals surface area contributed by atoms with E-state index < -0.39 is 11.9 Å². The minimum atomic E-state index is -0.596. The number of nitrogens with one attached hydrogen (secondary N) is 1. The van der Waals surface area contributed by atoms with Crippen LogP contribution in [-0.4, -0.2) is 32.7 Å². The topological polar surface area (TPSA) is 87.0 Å². The van der Waals surface area contributed by atoms with Crippen molar-refractivity contribution in [2.24, 2.45) is 0 Å². The van der Waals surface area contributed by atoms with E-state index in [1.165, 1.54) is 0 Å². The number of rotatable bonds is 7. The van der Waals surface area contributed by atoms with Gasteiger partial charge in [0.15, 0.2) is 6.61 Å². The van der Waals surface area contributed by atoms with E-state index >= 15 is 0 Å². The summed E-state index contributed by atoms with van der Waals surface area (Å²) in [5, 5.41) is 2.77. The van der Waals surface area contributed by atoms with Crippen LogP contribution in [0.4, 0.5) is 0 Å². The van der Waals surface area contributed by atoms with E-state index in [0.29, 0.717) is 28.6 Å². The molecule has 1 amide bonds. The standard InChI is InChI=1S/C19H23NO6/c1-11-8-16(13(3)26-11)19(22)25-10-18(21)20-12(2)15-9-14(23-4)6-7-17(15)24-5/h6-9,12H,10H2,1-5H3,(H,20,21)/t12-/m0/s1. The number of esters is 1. The van der Waals surface area contributed by atoms with Crippen molar-refractivity contribution < 1.29 is 28.2 Å². The van der Waals surface area contributed by atoms with Gasteiger partial charge in [-0.15, -0.1) is 0 Å². The van der Waals surface area contributed by atoms with Crippen molar-refractivity contribution in [3.63, 3.8) is 0 Å². The van der Waals surface area contributed by atoms with Gasteiger partial charge in [0.05, 0.1) is 20.3 Å². The summed E-state index contributed by atoms with van der Waals surface area (Å²) in [6.45, 7) is 4.82. The van der Waals surface area contributed by atoms with Crippen molar-refractivity contribution in [3.05, 3.63) is 46.9 Å². The van der Waals surface area contributed by atoms with E-state index in [1.807, 2.05) is 0 Å². The fraction of sp³-hybridized carbons (Fsp3) is 0.368. The molecule has 1 heterocycles. The molecule has 1 aromatic carbocycles. The Morgan fingerprint density at radius 2 is 1.88 bits per heavy atom. The van der Waals surface area contributed by atoms with Crippen molar-refractivity contribution in [2.45, 2.75) is 26.8 Å². The van der Waals surface area contributed by atoms with Gasteiger partial charge in [0.2, 0.25) is 0 Å². The number of methoxy groups -OCH3 is 2. The molecule has 0 saturated carbocycles. The van der Waals surface area contributed by atoms with Crippen molar-refractivity contribution in [1.82, 2.24) is 5.32 Å². The molecule has 2 rings (SSSR count). The smallest absolute Gasteiger partial charge is 0.342 e. The Balaban J connectivity index is 1.97. The summed E-state index contributed by atoms with van der Waals surface area (Å²) in [6.07, 6.45) is 0. The first-order chi connectivity index (χ1) is 12.3. The number of furan rings is 1. The zero-order chi connectivity index (χ0) is 19.3. The Morgan fingerprint density at radius 1 is 1.15 bits per heavy atom. The van der Waals surface area contributed by atoms with Gasteiger partial charge in [0, 0.05) is 5.56 Å². The molecule has 1 atom stereocenters. The Kier molecular flexibility index (Phi) is 6.27. The molecule has 0 aliphatic carbocycles. The molecule has 0 aliphatic heterocycles. The molecule has 7 heteroatoms. The number of aryl methyl sites for hydroxylation is 2. The van der Waals surface area contributed by atoms with Crippen molar-refractivity contribution in [1.29, 1.82) is 0 Å². The summed E-state index contributed by atoms with van der Waals surface area (Å²) < 4.78 is 20.9. The number of benzene rings is 1. The zero-order valence-corrected chi connectivity index (χ0v) is 15.5. The Morgan fingerprint density at radius 3 is 2.46 bits per heavy atom. The van der Waals surface area contributed by atoms with Gasteiger partial charge in [-0.05, 0) is 45.0 Å². The minimum absolute atomic E-state index is 0.317. The molecule has 0 saturated heterocycles. The highest BCUT2D eigenvalue weighted by Gasteiger charge is 2.19. The van der Waals surface area contributed by atoms with Crippen LogP contribution in [0.1, 0.15) is 40.4 Å². The maximum absolute atomic E-state index is 12.1. The highest BCUT2D eigenvalue weighted by molar-refractivity contribution is 5.92. The summed E-state index contributed by atoms with van der Waals surface area (Å²) in [7, 11) is 3.12. The second-order valence-electron chi connectivity index (χ2n) is 5.80. The summed E-state index contributed by atoms with van der Waals surface area (Å²) in [4.78, 5) is 24.1. The molecule has 26 heavy (non-hydrogen) atoms. The van der Waals surface area contributed by atoms with Gasteiger partial charge < -0.3 is 23.9 Å². The predicted molar refractivity (Wildman–Crippen MR) is 94.6 cm³/mol. The molecule has 0 bridgehead atoms. The normalized spacial score (nSPS) is 11.6. The lowest BCUT2D eigenvalue weighted by molar-refractivity contribution is -0.124. The zero-order valence-electron chi connectivity index (χ0n) is 15.5. The average molecular weight is 361 g/mol. The number of carbonyl (C=O) groups excluding carboxylic acids is 2. The third-order valence-corrected chi connectivity index (χ3v) is 3.88. The number of ether oxygens (including phenoxy) is 3.